The predicted octanol–water partition coefficient (Wildman–Crippen LogP) is 7.75. The number of benzene rings is 3. The van der Waals surface area contributed by atoms with Crippen molar-refractivity contribution in [2.24, 2.45) is 5.41 Å². The Balaban J connectivity index is 1.12. The molecule has 1 N–H and O–H groups in total. The molecule has 0 radical (unpaired) electrons. The summed E-state index contributed by atoms with van der Waals surface area (Å²) in [7, 11) is 2.05. The van der Waals surface area contributed by atoms with E-state index in [0.717, 1.165) is 111 Å². The van der Waals surface area contributed by atoms with Gasteiger partial charge in [-0.3, -0.25) is 14.5 Å². The van der Waals surface area contributed by atoms with Crippen molar-refractivity contribution < 1.29 is 22.7 Å². The molecule has 4 aliphatic heterocycles. The minimum atomic E-state index is -3.93. The fourth-order valence-corrected chi connectivity index (χ4v) is 12.7. The number of rotatable bonds is 12. The zero-order valence-corrected chi connectivity index (χ0v) is 37.6. The summed E-state index contributed by atoms with van der Waals surface area (Å²) in [6, 6.07) is 23.5. The van der Waals surface area contributed by atoms with Crippen LogP contribution in [0.4, 0.5) is 0 Å². The average Bonchev–Trinajstić information content (AvgIpc) is 3.65. The minimum absolute atomic E-state index is 0.154. The van der Waals surface area contributed by atoms with Gasteiger partial charge in [-0.05, 0) is 125 Å². The Morgan fingerprint density at radius 1 is 0.885 bits per heavy atom. The molecule has 3 saturated heterocycles. The lowest BCUT2D eigenvalue weighted by Crippen LogP contribution is -2.57. The lowest BCUT2D eigenvalue weighted by atomic mass is 9.71. The van der Waals surface area contributed by atoms with Crippen LogP contribution < -0.4 is 9.46 Å². The summed E-state index contributed by atoms with van der Waals surface area (Å²) in [4.78, 5) is 36.9. The van der Waals surface area contributed by atoms with E-state index in [1.807, 2.05) is 18.2 Å². The van der Waals surface area contributed by atoms with Gasteiger partial charge >= 0.3 is 10.2 Å². The van der Waals surface area contributed by atoms with E-state index in [-0.39, 0.29) is 23.9 Å². The quantitative estimate of drug-likeness (QED) is 0.155. The van der Waals surface area contributed by atoms with E-state index in [2.05, 4.69) is 94.4 Å². The van der Waals surface area contributed by atoms with Crippen molar-refractivity contribution in [3.63, 3.8) is 0 Å². The highest BCUT2D eigenvalue weighted by molar-refractivity contribution is 7.87. The van der Waals surface area contributed by atoms with Gasteiger partial charge in [0.25, 0.3) is 5.91 Å². The molecule has 2 bridgehead atoms. The highest BCUT2D eigenvalue weighted by atomic mass is 32.2. The molecule has 61 heavy (non-hydrogen) atoms. The van der Waals surface area contributed by atoms with Crippen molar-refractivity contribution in [3.05, 3.63) is 89.0 Å². The van der Waals surface area contributed by atoms with Crippen LogP contribution in [-0.4, -0.2) is 109 Å². The summed E-state index contributed by atoms with van der Waals surface area (Å²) < 4.78 is 38.0. The molecule has 4 fully saturated rings. The SMILES string of the molecule is COc1ccc2c(c1)C(C)C(C)(C(=O)N1C3CCC1CC(N(CCN(C)C)Cc1ccccc1)C3)Cn1c-2c(C2CCCCC2)c2ccc(C(=O)NS(=O)(=O)N3CCC3)cc21. The highest BCUT2D eigenvalue weighted by Crippen LogP contribution is 2.54. The Morgan fingerprint density at radius 2 is 1.61 bits per heavy atom. The number of nitrogens with zero attached hydrogens (tertiary/aromatic N) is 5. The molecule has 12 heteroatoms. The number of aromatic nitrogens is 1. The van der Waals surface area contributed by atoms with Crippen molar-refractivity contribution >= 4 is 32.9 Å². The van der Waals surface area contributed by atoms with Crippen LogP contribution in [0.15, 0.2) is 66.7 Å². The summed E-state index contributed by atoms with van der Waals surface area (Å²) >= 11 is 0. The van der Waals surface area contributed by atoms with E-state index in [1.54, 1.807) is 13.2 Å². The normalized spacial score (nSPS) is 25.6. The van der Waals surface area contributed by atoms with E-state index in [1.165, 1.54) is 21.9 Å². The monoisotopic (exact) mass is 848 g/mol. The number of carbonyl (C=O) groups is 2. The largest absolute Gasteiger partial charge is 0.497 e. The Kier molecular flexibility index (Phi) is 11.6. The van der Waals surface area contributed by atoms with Gasteiger partial charge in [-0.2, -0.15) is 12.7 Å². The smallest absolute Gasteiger partial charge is 0.304 e. The maximum absolute atomic E-state index is 15.9. The van der Waals surface area contributed by atoms with Crippen LogP contribution in [0.2, 0.25) is 0 Å². The van der Waals surface area contributed by atoms with Crippen LogP contribution in [0.3, 0.4) is 0 Å². The summed E-state index contributed by atoms with van der Waals surface area (Å²) in [6.07, 6.45) is 10.4. The summed E-state index contributed by atoms with van der Waals surface area (Å²) in [5.74, 6) is 0.500. The first kappa shape index (κ1) is 42.1. The van der Waals surface area contributed by atoms with Crippen LogP contribution in [0.5, 0.6) is 5.75 Å². The second kappa shape index (κ2) is 16.8. The first-order chi connectivity index (χ1) is 29.4. The molecule has 1 aromatic heterocycles. The number of amides is 2. The molecule has 5 heterocycles. The van der Waals surface area contributed by atoms with Gasteiger partial charge in [-0.15, -0.1) is 0 Å². The molecule has 9 rings (SSSR count). The molecular weight excluding hydrogens is 785 g/mol. The zero-order valence-electron chi connectivity index (χ0n) is 36.7. The van der Waals surface area contributed by atoms with E-state index < -0.39 is 21.5 Å². The summed E-state index contributed by atoms with van der Waals surface area (Å²) in [5, 5.41) is 1.08. The predicted molar refractivity (Wildman–Crippen MR) is 241 cm³/mol. The number of ether oxygens (including phenoxy) is 1. The number of likely N-dealkylation sites (N-methyl/N-ethyl adjacent to an activating group) is 1. The van der Waals surface area contributed by atoms with Gasteiger partial charge in [0.1, 0.15) is 5.75 Å². The number of carbonyl (C=O) groups excluding carboxylic acids is 2. The lowest BCUT2D eigenvalue weighted by Gasteiger charge is -2.47. The fraction of sp³-hybridized carbons (Fsp3) is 0.551. The average molecular weight is 849 g/mol. The van der Waals surface area contributed by atoms with Crippen LogP contribution in [-0.2, 0) is 28.1 Å². The van der Waals surface area contributed by atoms with Crippen molar-refractivity contribution in [2.75, 3.05) is 47.4 Å². The third-order valence-corrected chi connectivity index (χ3v) is 16.7. The maximum Gasteiger partial charge on any atom is 0.304 e. The maximum atomic E-state index is 15.9. The molecule has 1 saturated carbocycles. The number of piperidine rings is 1. The van der Waals surface area contributed by atoms with Gasteiger partial charge in [0.2, 0.25) is 5.91 Å². The standard InChI is InChI=1S/C49H64N6O5S/c1-33-43-30-40(60-5)20-22-41(43)46-45(35-15-10-7-11-16-35)42-21-17-36(47(56)50-61(58,59)53-23-12-24-53)27-44(42)54(46)32-49(33,2)48(57)55-37-18-19-38(55)29-39(28-37)52(26-25-51(3)4)31-34-13-8-6-9-14-34/h6,8-9,13-14,17,20-22,27,30,33,35,37-39H,7,10-12,15-16,18-19,23-26,28-29,31-32H2,1-5H3,(H,50,56). The molecule has 5 aliphatic rings. The number of fused-ring (bicyclic) bond motifs is 7. The Bertz CT molecular complexity index is 2370. The second-order valence-electron chi connectivity index (χ2n) is 19.2. The highest BCUT2D eigenvalue weighted by Gasteiger charge is 2.53. The van der Waals surface area contributed by atoms with E-state index in [0.29, 0.717) is 37.2 Å². The fourth-order valence-electron chi connectivity index (χ4n) is 11.5. The van der Waals surface area contributed by atoms with Crippen molar-refractivity contribution in [1.29, 1.82) is 0 Å². The third kappa shape index (κ3) is 7.80. The van der Waals surface area contributed by atoms with Gasteiger partial charge in [-0.1, -0.05) is 62.6 Å². The van der Waals surface area contributed by atoms with Crippen molar-refractivity contribution in [1.82, 2.24) is 28.3 Å². The molecular formula is C49H64N6O5S. The van der Waals surface area contributed by atoms with Gasteiger partial charge in [-0.25, -0.2) is 4.72 Å². The first-order valence-electron chi connectivity index (χ1n) is 22.8. The van der Waals surface area contributed by atoms with Crippen LogP contribution in [0.25, 0.3) is 22.2 Å². The number of hydrogen-bond acceptors (Lipinski definition) is 7. The molecule has 4 atom stereocenters. The molecule has 4 aromatic rings. The van der Waals surface area contributed by atoms with E-state index in [9.17, 15) is 13.2 Å². The van der Waals surface area contributed by atoms with E-state index in [4.69, 9.17) is 4.74 Å². The minimum Gasteiger partial charge on any atom is -0.497 e. The van der Waals surface area contributed by atoms with Crippen LogP contribution >= 0.6 is 0 Å². The third-order valence-electron chi connectivity index (χ3n) is 15.2. The number of nitrogens with one attached hydrogen (secondary N) is 1. The summed E-state index contributed by atoms with van der Waals surface area (Å²) in [6.45, 7) is 8.51. The van der Waals surface area contributed by atoms with Gasteiger partial charge in [0.15, 0.2) is 0 Å². The molecule has 2 amide bonds. The van der Waals surface area contributed by atoms with Crippen molar-refractivity contribution in [3.8, 4) is 17.0 Å². The second-order valence-corrected chi connectivity index (χ2v) is 20.8. The molecule has 11 nitrogen and oxygen atoms in total. The van der Waals surface area contributed by atoms with Crippen LogP contribution in [0, 0.1) is 5.41 Å². The molecule has 4 unspecified atom stereocenters. The van der Waals surface area contributed by atoms with Gasteiger partial charge in [0, 0.05) is 79.4 Å². The van der Waals surface area contributed by atoms with Gasteiger partial charge < -0.3 is 19.1 Å². The topological polar surface area (TPSA) is 107 Å². The number of methoxy groups -OCH3 is 1. The molecule has 326 valence electrons. The van der Waals surface area contributed by atoms with Gasteiger partial charge in [0.05, 0.1) is 18.2 Å². The number of hydrogen-bond donors (Lipinski definition) is 1. The molecule has 1 aliphatic carbocycles. The Labute approximate surface area is 362 Å². The molecule has 3 aromatic carbocycles. The first-order valence-corrected chi connectivity index (χ1v) is 24.2. The van der Waals surface area contributed by atoms with Crippen molar-refractivity contribution in [2.45, 2.75) is 121 Å². The summed E-state index contributed by atoms with van der Waals surface area (Å²) in [5.41, 5.74) is 6.25. The van der Waals surface area contributed by atoms with E-state index >= 15 is 4.79 Å². The molecule has 0 spiro atoms. The zero-order chi connectivity index (χ0) is 42.6. The van der Waals surface area contributed by atoms with Crippen LogP contribution in [0.1, 0.15) is 117 Å². The lowest BCUT2D eigenvalue weighted by molar-refractivity contribution is -0.149. The Hall–Kier alpha value is -4.23. The Morgan fingerprint density at radius 3 is 2.26 bits per heavy atom.